The van der Waals surface area contributed by atoms with E-state index >= 15 is 0 Å². The first-order chi connectivity index (χ1) is 11.4. The van der Waals surface area contributed by atoms with Crippen molar-refractivity contribution in [1.29, 1.82) is 0 Å². The third kappa shape index (κ3) is 2.70. The summed E-state index contributed by atoms with van der Waals surface area (Å²) in [6.45, 7) is 0.622. The lowest BCUT2D eigenvalue weighted by atomic mass is 9.93. The minimum atomic E-state index is 0.0463. The number of halogens is 1. The smallest absolute Gasteiger partial charge is 0.140 e. The summed E-state index contributed by atoms with van der Waals surface area (Å²) >= 11 is 2.44. The average molecular weight is 416 g/mol. The van der Waals surface area contributed by atoms with Crippen LogP contribution in [0.25, 0.3) is 11.4 Å². The molecular formula is C19H17IN2O. The Kier molecular flexibility index (Phi) is 4.18. The van der Waals surface area contributed by atoms with Crippen LogP contribution in [0.3, 0.4) is 0 Å². The fourth-order valence-electron chi connectivity index (χ4n) is 3.21. The Morgan fingerprint density at radius 3 is 2.65 bits per heavy atom. The van der Waals surface area contributed by atoms with Gasteiger partial charge >= 0.3 is 0 Å². The highest BCUT2D eigenvalue weighted by molar-refractivity contribution is 14.1. The zero-order chi connectivity index (χ0) is 15.6. The van der Waals surface area contributed by atoms with Crippen molar-refractivity contribution in [2.45, 2.75) is 18.8 Å². The SMILES string of the molecule is ICC1C(OCc2ccccc2)c2ccccc2-c2nccn21. The molecule has 3 aromatic rings. The fraction of sp³-hybridized carbons (Fsp3) is 0.211. The number of alkyl halides is 1. The molecule has 0 radical (unpaired) electrons. The topological polar surface area (TPSA) is 27.1 Å². The van der Waals surface area contributed by atoms with Crippen molar-refractivity contribution in [2.24, 2.45) is 0 Å². The van der Waals surface area contributed by atoms with Gasteiger partial charge in [-0.3, -0.25) is 0 Å². The summed E-state index contributed by atoms with van der Waals surface area (Å²) < 4.78 is 9.61. The molecule has 2 aromatic carbocycles. The normalized spacial score (nSPS) is 19.2. The summed E-state index contributed by atoms with van der Waals surface area (Å²) in [5, 5.41) is 0. The first-order valence-electron chi connectivity index (χ1n) is 7.72. The second-order valence-electron chi connectivity index (χ2n) is 5.68. The van der Waals surface area contributed by atoms with Crippen LogP contribution in [0.4, 0.5) is 0 Å². The van der Waals surface area contributed by atoms with Crippen LogP contribution in [0.5, 0.6) is 0 Å². The van der Waals surface area contributed by atoms with Gasteiger partial charge in [0.25, 0.3) is 0 Å². The molecule has 3 nitrogen and oxygen atoms in total. The van der Waals surface area contributed by atoms with E-state index in [1.54, 1.807) is 0 Å². The highest BCUT2D eigenvalue weighted by Gasteiger charge is 2.33. The van der Waals surface area contributed by atoms with Gasteiger partial charge < -0.3 is 9.30 Å². The highest BCUT2D eigenvalue weighted by Crippen LogP contribution is 2.43. The molecule has 0 bridgehead atoms. The second-order valence-corrected chi connectivity index (χ2v) is 6.57. The van der Waals surface area contributed by atoms with E-state index in [1.807, 2.05) is 12.3 Å². The van der Waals surface area contributed by atoms with Crippen LogP contribution in [-0.4, -0.2) is 14.0 Å². The van der Waals surface area contributed by atoms with Gasteiger partial charge in [-0.25, -0.2) is 4.98 Å². The summed E-state index contributed by atoms with van der Waals surface area (Å²) in [6.07, 6.45) is 3.99. The predicted octanol–water partition coefficient (Wildman–Crippen LogP) is 4.80. The van der Waals surface area contributed by atoms with E-state index < -0.39 is 0 Å². The number of hydrogen-bond donors (Lipinski definition) is 0. The number of imidazole rings is 1. The van der Waals surface area contributed by atoms with Gasteiger partial charge in [-0.1, -0.05) is 77.2 Å². The summed E-state index contributed by atoms with van der Waals surface area (Å²) in [7, 11) is 0. The zero-order valence-electron chi connectivity index (χ0n) is 12.6. The molecule has 2 unspecified atom stereocenters. The summed E-state index contributed by atoms with van der Waals surface area (Å²) in [5.74, 6) is 1.04. The third-order valence-corrected chi connectivity index (χ3v) is 5.22. The standard InChI is InChI=1S/C19H17IN2O/c20-12-17-18(23-13-14-6-2-1-3-7-14)15-8-4-5-9-16(15)19-21-10-11-22(17)19/h1-11,17-18H,12-13H2. The molecule has 1 aliphatic heterocycles. The van der Waals surface area contributed by atoms with E-state index in [0.29, 0.717) is 6.61 Å². The quantitative estimate of drug-likeness (QED) is 0.452. The van der Waals surface area contributed by atoms with Crippen molar-refractivity contribution < 1.29 is 4.74 Å². The Labute approximate surface area is 149 Å². The van der Waals surface area contributed by atoms with Gasteiger partial charge in [0.2, 0.25) is 0 Å². The number of aromatic nitrogens is 2. The van der Waals surface area contributed by atoms with Crippen molar-refractivity contribution in [3.63, 3.8) is 0 Å². The van der Waals surface area contributed by atoms with Gasteiger partial charge in [0, 0.05) is 22.4 Å². The van der Waals surface area contributed by atoms with Gasteiger partial charge in [-0.05, 0) is 11.1 Å². The maximum Gasteiger partial charge on any atom is 0.140 e. The van der Waals surface area contributed by atoms with Crippen LogP contribution >= 0.6 is 22.6 Å². The Morgan fingerprint density at radius 2 is 1.83 bits per heavy atom. The summed E-state index contributed by atoms with van der Waals surface area (Å²) in [6, 6.07) is 19.1. The van der Waals surface area contributed by atoms with Crippen molar-refractivity contribution >= 4 is 22.6 Å². The molecule has 0 N–H and O–H groups in total. The minimum Gasteiger partial charge on any atom is -0.367 e. The monoisotopic (exact) mass is 416 g/mol. The van der Waals surface area contributed by atoms with Crippen LogP contribution in [0.15, 0.2) is 67.0 Å². The molecule has 0 saturated carbocycles. The Hall–Kier alpha value is -1.66. The molecule has 2 atom stereocenters. The third-order valence-electron chi connectivity index (χ3n) is 4.31. The molecule has 0 fully saturated rings. The van der Waals surface area contributed by atoms with E-state index in [1.165, 1.54) is 16.7 Å². The lowest BCUT2D eigenvalue weighted by Crippen LogP contribution is -2.26. The predicted molar refractivity (Wildman–Crippen MR) is 99.6 cm³/mol. The number of benzene rings is 2. The van der Waals surface area contributed by atoms with Crippen molar-refractivity contribution in [3.05, 3.63) is 78.1 Å². The maximum absolute atomic E-state index is 6.37. The van der Waals surface area contributed by atoms with E-state index in [9.17, 15) is 0 Å². The molecule has 1 aromatic heterocycles. The lowest BCUT2D eigenvalue weighted by Gasteiger charge is -2.34. The van der Waals surface area contributed by atoms with Gasteiger partial charge in [-0.15, -0.1) is 0 Å². The average Bonchev–Trinajstić information content (AvgIpc) is 3.10. The molecule has 4 rings (SSSR count). The lowest BCUT2D eigenvalue weighted by molar-refractivity contribution is 0.00826. The van der Waals surface area contributed by atoms with Crippen LogP contribution in [0, 0.1) is 0 Å². The van der Waals surface area contributed by atoms with Crippen LogP contribution in [0.2, 0.25) is 0 Å². The van der Waals surface area contributed by atoms with E-state index in [4.69, 9.17) is 4.74 Å². The Bertz CT molecular complexity index is 800. The van der Waals surface area contributed by atoms with Crippen LogP contribution in [0.1, 0.15) is 23.3 Å². The van der Waals surface area contributed by atoms with E-state index in [2.05, 4.69) is 86.9 Å². The number of rotatable bonds is 4. The van der Waals surface area contributed by atoms with Gasteiger partial charge in [0.15, 0.2) is 0 Å². The summed E-state index contributed by atoms with van der Waals surface area (Å²) in [4.78, 5) is 4.55. The number of hydrogen-bond acceptors (Lipinski definition) is 2. The molecule has 116 valence electrons. The van der Waals surface area contributed by atoms with Crippen molar-refractivity contribution in [2.75, 3.05) is 4.43 Å². The molecule has 2 heterocycles. The fourth-order valence-corrected chi connectivity index (χ4v) is 4.09. The maximum atomic E-state index is 6.37. The second kappa shape index (κ2) is 6.45. The summed E-state index contributed by atoms with van der Waals surface area (Å²) in [5.41, 5.74) is 3.62. The first-order valence-corrected chi connectivity index (χ1v) is 9.24. The highest BCUT2D eigenvalue weighted by atomic mass is 127. The number of nitrogens with zero attached hydrogens (tertiary/aromatic N) is 2. The largest absolute Gasteiger partial charge is 0.367 e. The number of fused-ring (bicyclic) bond motifs is 3. The van der Waals surface area contributed by atoms with Crippen molar-refractivity contribution in [3.8, 4) is 11.4 Å². The van der Waals surface area contributed by atoms with Crippen LogP contribution in [-0.2, 0) is 11.3 Å². The van der Waals surface area contributed by atoms with E-state index in [0.717, 1.165) is 10.3 Å². The molecule has 1 aliphatic rings. The van der Waals surface area contributed by atoms with Crippen LogP contribution < -0.4 is 0 Å². The first kappa shape index (κ1) is 14.9. The minimum absolute atomic E-state index is 0.0463. The molecule has 0 amide bonds. The zero-order valence-corrected chi connectivity index (χ0v) is 14.8. The Balaban J connectivity index is 1.70. The van der Waals surface area contributed by atoms with Gasteiger partial charge in [-0.2, -0.15) is 0 Å². The molecule has 23 heavy (non-hydrogen) atoms. The molecule has 0 saturated heterocycles. The van der Waals surface area contributed by atoms with Gasteiger partial charge in [0.1, 0.15) is 11.9 Å². The Morgan fingerprint density at radius 1 is 1.04 bits per heavy atom. The number of ether oxygens (including phenoxy) is 1. The molecule has 0 spiro atoms. The van der Waals surface area contributed by atoms with E-state index in [-0.39, 0.29) is 12.1 Å². The molecule has 4 heteroatoms. The van der Waals surface area contributed by atoms with Crippen molar-refractivity contribution in [1.82, 2.24) is 9.55 Å². The van der Waals surface area contributed by atoms with Gasteiger partial charge in [0.05, 0.1) is 12.6 Å². The molecule has 0 aliphatic carbocycles. The molecular weight excluding hydrogens is 399 g/mol.